The summed E-state index contributed by atoms with van der Waals surface area (Å²) in [5.41, 5.74) is 2.13. The summed E-state index contributed by atoms with van der Waals surface area (Å²) in [6, 6.07) is 12.6. The molecule has 27 heavy (non-hydrogen) atoms. The highest BCUT2D eigenvalue weighted by atomic mass is 16.2. The minimum absolute atomic E-state index is 0.102. The summed E-state index contributed by atoms with van der Waals surface area (Å²) < 4.78 is 0. The van der Waals surface area contributed by atoms with Crippen molar-refractivity contribution in [3.63, 3.8) is 0 Å². The number of carbonyl (C=O) groups excluding carboxylic acids is 1. The van der Waals surface area contributed by atoms with E-state index in [2.05, 4.69) is 27.3 Å². The van der Waals surface area contributed by atoms with Crippen molar-refractivity contribution < 1.29 is 4.79 Å². The molecule has 140 valence electrons. The van der Waals surface area contributed by atoms with Crippen molar-refractivity contribution in [2.24, 2.45) is 0 Å². The summed E-state index contributed by atoms with van der Waals surface area (Å²) in [7, 11) is 0. The molecule has 1 aromatic carbocycles. The third-order valence-corrected chi connectivity index (χ3v) is 5.68. The van der Waals surface area contributed by atoms with Gasteiger partial charge in [-0.05, 0) is 37.8 Å². The highest BCUT2D eigenvalue weighted by Gasteiger charge is 2.30. The molecule has 2 fully saturated rings. The van der Waals surface area contributed by atoms with Crippen molar-refractivity contribution in [1.29, 1.82) is 5.26 Å². The maximum Gasteiger partial charge on any atom is 0.237 e. The van der Waals surface area contributed by atoms with Gasteiger partial charge in [0.15, 0.2) is 0 Å². The quantitative estimate of drug-likeness (QED) is 0.904. The largest absolute Gasteiger partial charge is 0.382 e. The van der Waals surface area contributed by atoms with E-state index in [1.54, 1.807) is 4.90 Å². The molecule has 2 aliphatic heterocycles. The van der Waals surface area contributed by atoms with Gasteiger partial charge in [0, 0.05) is 42.9 Å². The van der Waals surface area contributed by atoms with E-state index in [9.17, 15) is 10.1 Å². The van der Waals surface area contributed by atoms with Gasteiger partial charge in [0.05, 0.1) is 18.1 Å². The first kappa shape index (κ1) is 17.7. The van der Waals surface area contributed by atoms with Crippen LogP contribution in [0.2, 0.25) is 0 Å². The third kappa shape index (κ3) is 3.88. The van der Waals surface area contributed by atoms with Crippen molar-refractivity contribution in [2.75, 3.05) is 31.5 Å². The fourth-order valence-corrected chi connectivity index (χ4v) is 4.16. The lowest BCUT2D eigenvalue weighted by Gasteiger charge is -2.33. The number of piperidine rings is 1. The van der Waals surface area contributed by atoms with E-state index < -0.39 is 0 Å². The Balaban J connectivity index is 1.31. The molecule has 4 rings (SSSR count). The zero-order valence-electron chi connectivity index (χ0n) is 15.5. The van der Waals surface area contributed by atoms with Gasteiger partial charge in [-0.3, -0.25) is 14.7 Å². The highest BCUT2D eigenvalue weighted by molar-refractivity contribution is 5.91. The van der Waals surface area contributed by atoms with Crippen molar-refractivity contribution in [3.8, 4) is 6.07 Å². The molecule has 2 aliphatic rings. The maximum atomic E-state index is 12.5. The molecule has 0 unspecified atom stereocenters. The number of aromatic nitrogens is 1. The Kier molecular flexibility index (Phi) is 5.21. The van der Waals surface area contributed by atoms with Gasteiger partial charge in [-0.15, -0.1) is 0 Å². The number of nitriles is 1. The molecule has 2 saturated heterocycles. The molecule has 6 heteroatoms. The number of nitrogens with one attached hydrogen (secondary N) is 1. The number of hydrogen-bond donors (Lipinski definition) is 1. The van der Waals surface area contributed by atoms with Crippen LogP contribution in [0, 0.1) is 11.3 Å². The zero-order chi connectivity index (χ0) is 18.6. The van der Waals surface area contributed by atoms with Gasteiger partial charge in [-0.1, -0.05) is 18.2 Å². The predicted octanol–water partition coefficient (Wildman–Crippen LogP) is 2.63. The second kappa shape index (κ2) is 7.93. The van der Waals surface area contributed by atoms with Crippen LogP contribution in [-0.2, 0) is 4.79 Å². The van der Waals surface area contributed by atoms with Crippen LogP contribution < -0.4 is 5.32 Å². The summed E-state index contributed by atoms with van der Waals surface area (Å²) in [5.74, 6) is 0.102. The number of para-hydroxylation sites is 1. The summed E-state index contributed by atoms with van der Waals surface area (Å²) in [6.07, 6.45) is 5.61. The second-order valence-electron chi connectivity index (χ2n) is 7.44. The molecule has 0 saturated carbocycles. The monoisotopic (exact) mass is 363 g/mol. The van der Waals surface area contributed by atoms with Gasteiger partial charge in [0.2, 0.25) is 5.91 Å². The van der Waals surface area contributed by atoms with Crippen LogP contribution in [0.4, 0.5) is 5.69 Å². The van der Waals surface area contributed by atoms with Crippen molar-refractivity contribution >= 4 is 22.5 Å². The lowest BCUT2D eigenvalue weighted by atomic mass is 10.0. The first-order valence-corrected chi connectivity index (χ1v) is 9.76. The minimum atomic E-state index is -0.225. The van der Waals surface area contributed by atoms with Gasteiger partial charge >= 0.3 is 0 Å². The fraction of sp³-hybridized carbons (Fsp3) is 0.476. The number of carbonyl (C=O) groups is 1. The van der Waals surface area contributed by atoms with Crippen LogP contribution in [0.15, 0.2) is 36.5 Å². The van der Waals surface area contributed by atoms with E-state index in [1.165, 1.54) is 0 Å². The second-order valence-corrected chi connectivity index (χ2v) is 7.44. The van der Waals surface area contributed by atoms with Crippen LogP contribution in [-0.4, -0.2) is 59.0 Å². The van der Waals surface area contributed by atoms with Crippen LogP contribution in [0.5, 0.6) is 0 Å². The Morgan fingerprint density at radius 1 is 1.19 bits per heavy atom. The van der Waals surface area contributed by atoms with Crippen molar-refractivity contribution in [1.82, 2.24) is 14.8 Å². The van der Waals surface area contributed by atoms with E-state index in [0.29, 0.717) is 12.6 Å². The number of hydrogen-bond acceptors (Lipinski definition) is 5. The van der Waals surface area contributed by atoms with Gasteiger partial charge in [-0.2, -0.15) is 5.26 Å². The van der Waals surface area contributed by atoms with E-state index in [-0.39, 0.29) is 11.9 Å². The molecule has 0 radical (unpaired) electrons. The molecule has 1 amide bonds. The van der Waals surface area contributed by atoms with Gasteiger partial charge in [-0.25, -0.2) is 0 Å². The average Bonchev–Trinajstić information content (AvgIpc) is 3.19. The summed E-state index contributed by atoms with van der Waals surface area (Å²) in [6.45, 7) is 2.96. The van der Waals surface area contributed by atoms with E-state index in [4.69, 9.17) is 0 Å². The molecule has 1 aromatic heterocycles. The number of rotatable bonds is 4. The van der Waals surface area contributed by atoms with Crippen molar-refractivity contribution in [2.45, 2.75) is 37.8 Å². The van der Waals surface area contributed by atoms with E-state index in [0.717, 1.165) is 61.9 Å². The fourth-order valence-electron chi connectivity index (χ4n) is 4.16. The van der Waals surface area contributed by atoms with Crippen LogP contribution in [0.1, 0.15) is 25.7 Å². The lowest BCUT2D eigenvalue weighted by Crippen LogP contribution is -2.46. The third-order valence-electron chi connectivity index (χ3n) is 5.68. The topological polar surface area (TPSA) is 72.3 Å². The number of pyridine rings is 1. The molecule has 3 heterocycles. The summed E-state index contributed by atoms with van der Waals surface area (Å²) >= 11 is 0. The molecule has 0 spiro atoms. The number of benzene rings is 1. The molecule has 2 aromatic rings. The normalized spacial score (nSPS) is 21.3. The Morgan fingerprint density at radius 2 is 2.00 bits per heavy atom. The van der Waals surface area contributed by atoms with Crippen LogP contribution in [0.25, 0.3) is 10.9 Å². The SMILES string of the molecule is N#C[C@@H]1CCCN1C(=O)CN1CCC(Nc2ccnc3ccccc23)CC1. The molecule has 1 atom stereocenters. The molecule has 6 nitrogen and oxygen atoms in total. The number of nitrogens with zero attached hydrogens (tertiary/aromatic N) is 4. The maximum absolute atomic E-state index is 12.5. The van der Waals surface area contributed by atoms with Gasteiger partial charge in [0.25, 0.3) is 0 Å². The highest BCUT2D eigenvalue weighted by Crippen LogP contribution is 2.24. The number of likely N-dealkylation sites (tertiary alicyclic amines) is 2. The van der Waals surface area contributed by atoms with E-state index in [1.807, 2.05) is 30.5 Å². The smallest absolute Gasteiger partial charge is 0.237 e. The molecule has 0 bridgehead atoms. The number of fused-ring (bicyclic) bond motifs is 1. The Labute approximate surface area is 159 Å². The molecular weight excluding hydrogens is 338 g/mol. The standard InChI is InChI=1S/C21H25N5O/c22-14-17-4-3-11-26(17)21(27)15-25-12-8-16(9-13-25)24-20-7-10-23-19-6-2-1-5-18(19)20/h1-2,5-7,10,16-17H,3-4,8-9,11-13,15H2,(H,23,24)/t17-/m0/s1. The molecule has 0 aliphatic carbocycles. The first-order chi connectivity index (χ1) is 13.2. The Hall–Kier alpha value is -2.65. The zero-order valence-corrected chi connectivity index (χ0v) is 15.5. The first-order valence-electron chi connectivity index (χ1n) is 9.76. The summed E-state index contributed by atoms with van der Waals surface area (Å²) in [4.78, 5) is 20.9. The van der Waals surface area contributed by atoms with Crippen LogP contribution >= 0.6 is 0 Å². The number of amides is 1. The van der Waals surface area contributed by atoms with Crippen LogP contribution in [0.3, 0.4) is 0 Å². The minimum Gasteiger partial charge on any atom is -0.382 e. The Morgan fingerprint density at radius 3 is 2.81 bits per heavy atom. The lowest BCUT2D eigenvalue weighted by molar-refractivity contribution is -0.132. The molecule has 1 N–H and O–H groups in total. The molecular formula is C21H25N5O. The average molecular weight is 363 g/mol. The number of anilines is 1. The van der Waals surface area contributed by atoms with Crippen molar-refractivity contribution in [3.05, 3.63) is 36.5 Å². The van der Waals surface area contributed by atoms with Gasteiger partial charge < -0.3 is 10.2 Å². The van der Waals surface area contributed by atoms with E-state index >= 15 is 0 Å². The Bertz CT molecular complexity index is 848. The predicted molar refractivity (Wildman–Crippen MR) is 105 cm³/mol. The summed E-state index contributed by atoms with van der Waals surface area (Å²) in [5, 5.41) is 14.0. The van der Waals surface area contributed by atoms with Gasteiger partial charge in [0.1, 0.15) is 6.04 Å².